The maximum absolute atomic E-state index is 11.9. The predicted octanol–water partition coefficient (Wildman–Crippen LogP) is -0.0587. The zero-order chi connectivity index (χ0) is 14.8. The number of anilines is 1. The molecule has 2 aromatic rings. The Morgan fingerprint density at radius 3 is 2.90 bits per heavy atom. The van der Waals surface area contributed by atoms with Crippen molar-refractivity contribution in [2.75, 3.05) is 38.3 Å². The minimum atomic E-state index is -0.685. The smallest absolute Gasteiger partial charge is 0.343 e. The third-order valence-electron chi connectivity index (χ3n) is 3.28. The predicted molar refractivity (Wildman–Crippen MR) is 74.5 cm³/mol. The lowest BCUT2D eigenvalue weighted by molar-refractivity contribution is 0.0599. The molecule has 1 aliphatic heterocycles. The lowest BCUT2D eigenvalue weighted by Gasteiger charge is -2.26. The summed E-state index contributed by atoms with van der Waals surface area (Å²) in [5.74, 6) is -0.150. The van der Waals surface area contributed by atoms with Gasteiger partial charge in [0, 0.05) is 24.7 Å². The number of H-pyrrole nitrogens is 1. The van der Waals surface area contributed by atoms with Crippen molar-refractivity contribution in [2.24, 2.45) is 0 Å². The Hall–Kier alpha value is -2.48. The van der Waals surface area contributed by atoms with E-state index in [1.54, 1.807) is 6.20 Å². The van der Waals surface area contributed by atoms with E-state index >= 15 is 0 Å². The number of esters is 1. The summed E-state index contributed by atoms with van der Waals surface area (Å²) >= 11 is 0. The summed E-state index contributed by atoms with van der Waals surface area (Å²) in [6, 6.07) is 1.43. The monoisotopic (exact) mass is 290 g/mol. The molecule has 2 aromatic heterocycles. The number of hydrogen-bond donors (Lipinski definition) is 1. The summed E-state index contributed by atoms with van der Waals surface area (Å²) < 4.78 is 9.84. The first kappa shape index (κ1) is 13.5. The summed E-state index contributed by atoms with van der Waals surface area (Å²) in [4.78, 5) is 36.5. The number of ether oxygens (including phenoxy) is 2. The molecule has 0 spiro atoms. The number of hydrogen-bond acceptors (Lipinski definition) is 7. The molecule has 0 unspecified atom stereocenters. The van der Waals surface area contributed by atoms with Crippen molar-refractivity contribution in [2.45, 2.75) is 0 Å². The van der Waals surface area contributed by atoms with Crippen LogP contribution in [0, 0.1) is 0 Å². The van der Waals surface area contributed by atoms with E-state index in [-0.39, 0.29) is 5.56 Å². The minimum Gasteiger partial charge on any atom is -0.465 e. The number of carbonyl (C=O) groups excluding carboxylic acids is 1. The first-order valence-electron chi connectivity index (χ1n) is 6.50. The fraction of sp³-hybridized carbons (Fsp3) is 0.385. The largest absolute Gasteiger partial charge is 0.465 e. The molecule has 8 nitrogen and oxygen atoms in total. The lowest BCUT2D eigenvalue weighted by Crippen LogP contribution is -2.37. The van der Waals surface area contributed by atoms with Crippen LogP contribution in [0.25, 0.3) is 11.0 Å². The summed E-state index contributed by atoms with van der Waals surface area (Å²) in [6.07, 6.45) is 1.58. The summed E-state index contributed by atoms with van der Waals surface area (Å²) in [7, 11) is 1.23. The Morgan fingerprint density at radius 1 is 1.43 bits per heavy atom. The maximum Gasteiger partial charge on any atom is 0.343 e. The second-order valence-corrected chi connectivity index (χ2v) is 4.58. The van der Waals surface area contributed by atoms with Gasteiger partial charge in [0.15, 0.2) is 0 Å². The number of morpholine rings is 1. The molecule has 0 radical (unpaired) electrons. The normalized spacial score (nSPS) is 15.2. The van der Waals surface area contributed by atoms with E-state index in [4.69, 9.17) is 4.74 Å². The molecule has 0 amide bonds. The third kappa shape index (κ3) is 2.57. The summed E-state index contributed by atoms with van der Waals surface area (Å²) in [5.41, 5.74) is -0.196. The number of fused-ring (bicyclic) bond motifs is 1. The van der Waals surface area contributed by atoms with E-state index < -0.39 is 11.5 Å². The second kappa shape index (κ2) is 5.49. The zero-order valence-corrected chi connectivity index (χ0v) is 11.5. The van der Waals surface area contributed by atoms with E-state index in [1.807, 2.05) is 4.90 Å². The average Bonchev–Trinajstić information content (AvgIpc) is 2.53. The number of nitrogens with zero attached hydrogens (tertiary/aromatic N) is 3. The van der Waals surface area contributed by atoms with Gasteiger partial charge in [-0.25, -0.2) is 9.78 Å². The Morgan fingerprint density at radius 2 is 2.19 bits per heavy atom. The standard InChI is InChI=1S/C13H14N4O4/c1-20-12(19)9-6-8-7-14-13(16-10(8)15-11(9)18)17-2-4-21-5-3-17/h6-7H,2-5H2,1H3,(H,14,15,16,18). The van der Waals surface area contributed by atoms with Crippen LogP contribution < -0.4 is 10.5 Å². The number of carbonyl (C=O) groups is 1. The van der Waals surface area contributed by atoms with Crippen LogP contribution in [0.2, 0.25) is 0 Å². The van der Waals surface area contributed by atoms with Crippen LogP contribution in [-0.2, 0) is 9.47 Å². The first-order valence-corrected chi connectivity index (χ1v) is 6.50. The van der Waals surface area contributed by atoms with Gasteiger partial charge in [-0.15, -0.1) is 0 Å². The summed E-state index contributed by atoms with van der Waals surface area (Å²) in [5, 5.41) is 0.576. The van der Waals surface area contributed by atoms with Crippen LogP contribution in [0.4, 0.5) is 5.95 Å². The van der Waals surface area contributed by atoms with Gasteiger partial charge in [0.05, 0.1) is 20.3 Å². The Balaban J connectivity index is 2.02. The Bertz CT molecular complexity index is 737. The number of rotatable bonds is 2. The van der Waals surface area contributed by atoms with Crippen molar-refractivity contribution in [1.82, 2.24) is 15.0 Å². The molecular formula is C13H14N4O4. The lowest BCUT2D eigenvalue weighted by atomic mass is 10.2. The van der Waals surface area contributed by atoms with E-state index in [0.717, 1.165) is 0 Å². The Kier molecular flexibility index (Phi) is 3.53. The number of aromatic amines is 1. The van der Waals surface area contributed by atoms with Gasteiger partial charge in [0.25, 0.3) is 5.56 Å². The molecule has 0 bridgehead atoms. The molecule has 0 atom stereocenters. The highest BCUT2D eigenvalue weighted by Gasteiger charge is 2.16. The topological polar surface area (TPSA) is 97.4 Å². The van der Waals surface area contributed by atoms with Crippen molar-refractivity contribution in [1.29, 1.82) is 0 Å². The van der Waals surface area contributed by atoms with Gasteiger partial charge in [-0.3, -0.25) is 4.79 Å². The van der Waals surface area contributed by atoms with Crippen LogP contribution in [0.15, 0.2) is 17.1 Å². The van der Waals surface area contributed by atoms with Crippen LogP contribution >= 0.6 is 0 Å². The SMILES string of the molecule is COC(=O)c1cc2cnc(N3CCOCC3)nc2[nH]c1=O. The van der Waals surface area contributed by atoms with Gasteiger partial charge in [0.1, 0.15) is 11.2 Å². The molecule has 3 rings (SSSR count). The fourth-order valence-corrected chi connectivity index (χ4v) is 2.16. The van der Waals surface area contributed by atoms with E-state index in [0.29, 0.717) is 43.3 Å². The number of methoxy groups -OCH3 is 1. The summed E-state index contributed by atoms with van der Waals surface area (Å²) in [6.45, 7) is 2.66. The highest BCUT2D eigenvalue weighted by atomic mass is 16.5. The first-order chi connectivity index (χ1) is 10.2. The van der Waals surface area contributed by atoms with Gasteiger partial charge in [0.2, 0.25) is 5.95 Å². The van der Waals surface area contributed by atoms with Crippen LogP contribution in [0.1, 0.15) is 10.4 Å². The molecule has 110 valence electrons. The molecule has 0 saturated carbocycles. The van der Waals surface area contributed by atoms with Crippen LogP contribution in [0.3, 0.4) is 0 Å². The molecule has 1 N–H and O–H groups in total. The highest BCUT2D eigenvalue weighted by molar-refractivity contribution is 5.92. The molecule has 0 aromatic carbocycles. The molecule has 0 aliphatic carbocycles. The number of aromatic nitrogens is 3. The average molecular weight is 290 g/mol. The van der Waals surface area contributed by atoms with Crippen LogP contribution in [-0.4, -0.2) is 54.3 Å². The van der Waals surface area contributed by atoms with Crippen LogP contribution in [0.5, 0.6) is 0 Å². The minimum absolute atomic E-state index is 0.0623. The third-order valence-corrected chi connectivity index (χ3v) is 3.28. The number of nitrogens with one attached hydrogen (secondary N) is 1. The van der Waals surface area contributed by atoms with Crippen molar-refractivity contribution < 1.29 is 14.3 Å². The van der Waals surface area contributed by atoms with Gasteiger partial charge in [-0.05, 0) is 6.07 Å². The molecule has 21 heavy (non-hydrogen) atoms. The van der Waals surface area contributed by atoms with Crippen molar-refractivity contribution in [3.8, 4) is 0 Å². The molecule has 1 fully saturated rings. The second-order valence-electron chi connectivity index (χ2n) is 4.58. The highest BCUT2D eigenvalue weighted by Crippen LogP contribution is 2.14. The molecule has 1 aliphatic rings. The molecule has 1 saturated heterocycles. The van der Waals surface area contributed by atoms with Crippen molar-refractivity contribution >= 4 is 23.0 Å². The zero-order valence-electron chi connectivity index (χ0n) is 11.5. The fourth-order valence-electron chi connectivity index (χ4n) is 2.16. The van der Waals surface area contributed by atoms with Gasteiger partial charge >= 0.3 is 5.97 Å². The van der Waals surface area contributed by atoms with Crippen molar-refractivity contribution in [3.63, 3.8) is 0 Å². The van der Waals surface area contributed by atoms with Gasteiger partial charge < -0.3 is 19.4 Å². The molecule has 3 heterocycles. The van der Waals surface area contributed by atoms with E-state index in [2.05, 4.69) is 19.7 Å². The van der Waals surface area contributed by atoms with Gasteiger partial charge in [-0.1, -0.05) is 0 Å². The van der Waals surface area contributed by atoms with Crippen molar-refractivity contribution in [3.05, 3.63) is 28.2 Å². The maximum atomic E-state index is 11.9. The molecule has 8 heteroatoms. The molecular weight excluding hydrogens is 276 g/mol. The quantitative estimate of drug-likeness (QED) is 0.774. The van der Waals surface area contributed by atoms with Gasteiger partial charge in [-0.2, -0.15) is 4.98 Å². The van der Waals surface area contributed by atoms with E-state index in [9.17, 15) is 9.59 Å². The Labute approximate surface area is 119 Å². The number of pyridine rings is 1. The van der Waals surface area contributed by atoms with E-state index in [1.165, 1.54) is 13.2 Å².